The average molecular weight is 582 g/mol. The first-order chi connectivity index (χ1) is 19.1. The van der Waals surface area contributed by atoms with E-state index < -0.39 is 23.5 Å². The highest BCUT2D eigenvalue weighted by atomic mass is 19.4. The van der Waals surface area contributed by atoms with Crippen molar-refractivity contribution in [2.24, 2.45) is 22.6 Å². The molecule has 0 unspecified atom stereocenters. The van der Waals surface area contributed by atoms with Gasteiger partial charge in [0.05, 0.1) is 16.8 Å². The highest BCUT2D eigenvalue weighted by Crippen LogP contribution is 2.42. The Morgan fingerprint density at radius 2 is 1.49 bits per heavy atom. The molecule has 0 atom stereocenters. The molecule has 1 heterocycles. The fraction of sp³-hybridized carbons (Fsp3) is 0.600. The summed E-state index contributed by atoms with van der Waals surface area (Å²) in [5.74, 6) is 2.08. The predicted molar refractivity (Wildman–Crippen MR) is 146 cm³/mol. The molecule has 0 bridgehead atoms. The van der Waals surface area contributed by atoms with E-state index in [1.165, 1.54) is 37.6 Å². The number of hydrogen-bond donors (Lipinski definition) is 1. The molecule has 0 saturated heterocycles. The molecule has 1 aromatic heterocycles. The Balaban J connectivity index is 1.54. The zero-order valence-electron chi connectivity index (χ0n) is 23.7. The maximum absolute atomic E-state index is 13.6. The third-order valence-electron chi connectivity index (χ3n) is 8.40. The Bertz CT molecular complexity index is 1260. The molecule has 224 valence electrons. The summed E-state index contributed by atoms with van der Waals surface area (Å²) in [6.07, 6.45) is -3.36. The van der Waals surface area contributed by atoms with Crippen LogP contribution in [-0.4, -0.2) is 36.0 Å². The van der Waals surface area contributed by atoms with Gasteiger partial charge in [0.15, 0.2) is 5.96 Å². The Morgan fingerprint density at radius 3 is 1.98 bits per heavy atom. The lowest BCUT2D eigenvalue weighted by Crippen LogP contribution is -2.38. The zero-order valence-corrected chi connectivity index (χ0v) is 23.7. The molecule has 2 aromatic rings. The fourth-order valence-electron chi connectivity index (χ4n) is 5.69. The van der Waals surface area contributed by atoms with Crippen LogP contribution in [0.2, 0.25) is 0 Å². The first-order valence-electron chi connectivity index (χ1n) is 14.2. The normalized spacial score (nSPS) is 18.9. The van der Waals surface area contributed by atoms with Crippen LogP contribution < -0.4 is 10.6 Å². The number of benzene rings is 1. The Hall–Kier alpha value is -2.98. The average Bonchev–Trinajstić information content (AvgIpc) is 3.82. The van der Waals surface area contributed by atoms with Crippen molar-refractivity contribution in [1.82, 2.24) is 9.88 Å². The second-order valence-corrected chi connectivity index (χ2v) is 12.5. The minimum Gasteiger partial charge on any atom is -0.370 e. The highest BCUT2D eigenvalue weighted by Gasteiger charge is 2.38. The van der Waals surface area contributed by atoms with E-state index in [4.69, 9.17) is 10.7 Å². The molecular weight excluding hydrogens is 544 g/mol. The van der Waals surface area contributed by atoms with E-state index in [0.29, 0.717) is 11.8 Å². The summed E-state index contributed by atoms with van der Waals surface area (Å²) in [7, 11) is 1.45. The number of aliphatic imine (C=N–C) groups is 1. The van der Waals surface area contributed by atoms with Gasteiger partial charge in [0.25, 0.3) is 0 Å². The van der Waals surface area contributed by atoms with Gasteiger partial charge in [-0.25, -0.2) is 4.98 Å². The van der Waals surface area contributed by atoms with Crippen molar-refractivity contribution < 1.29 is 26.3 Å². The number of nitrogens with two attached hydrogens (primary N) is 1. The van der Waals surface area contributed by atoms with Crippen LogP contribution in [0, 0.1) is 11.8 Å². The largest absolute Gasteiger partial charge is 0.416 e. The number of rotatable bonds is 9. The van der Waals surface area contributed by atoms with Crippen molar-refractivity contribution in [3.8, 4) is 0 Å². The van der Waals surface area contributed by atoms with Gasteiger partial charge in [-0.15, -0.1) is 0 Å². The zero-order chi connectivity index (χ0) is 29.7. The smallest absolute Gasteiger partial charge is 0.370 e. The maximum Gasteiger partial charge on any atom is 0.416 e. The molecule has 2 N–H and O–H groups in total. The van der Waals surface area contributed by atoms with Crippen molar-refractivity contribution in [2.75, 3.05) is 25.0 Å². The van der Waals surface area contributed by atoms with Gasteiger partial charge in [0.1, 0.15) is 5.82 Å². The number of fused-ring (bicyclic) bond motifs is 1. The van der Waals surface area contributed by atoms with E-state index in [1.807, 2.05) is 0 Å². The monoisotopic (exact) mass is 581 g/mol. The Morgan fingerprint density at radius 1 is 0.927 bits per heavy atom. The van der Waals surface area contributed by atoms with Crippen LogP contribution in [0.3, 0.4) is 0 Å². The van der Waals surface area contributed by atoms with Crippen molar-refractivity contribution in [2.45, 2.75) is 83.2 Å². The summed E-state index contributed by atoms with van der Waals surface area (Å²) in [4.78, 5) is 13.2. The van der Waals surface area contributed by atoms with Gasteiger partial charge in [-0.1, -0.05) is 13.8 Å². The molecule has 3 aliphatic carbocycles. The van der Waals surface area contributed by atoms with E-state index in [1.54, 1.807) is 0 Å². The summed E-state index contributed by atoms with van der Waals surface area (Å²) < 4.78 is 81.3. The van der Waals surface area contributed by atoms with Crippen LogP contribution in [0.1, 0.15) is 79.5 Å². The molecule has 0 spiro atoms. The number of aromatic nitrogens is 1. The number of anilines is 1. The minimum absolute atomic E-state index is 0.0266. The van der Waals surface area contributed by atoms with E-state index in [0.717, 1.165) is 60.7 Å². The number of halogens is 6. The van der Waals surface area contributed by atoms with E-state index in [-0.39, 0.29) is 36.1 Å². The third-order valence-corrected chi connectivity index (χ3v) is 8.40. The maximum atomic E-state index is 13.6. The van der Waals surface area contributed by atoms with Gasteiger partial charge in [-0.05, 0) is 85.8 Å². The molecule has 0 radical (unpaired) electrons. The number of alkyl halides is 6. The molecule has 5 rings (SSSR count). The number of guanidine groups is 1. The summed E-state index contributed by atoms with van der Waals surface area (Å²) in [6, 6.07) is 3.76. The molecule has 1 aromatic carbocycles. The summed E-state index contributed by atoms with van der Waals surface area (Å²) in [6.45, 7) is 6.01. The van der Waals surface area contributed by atoms with Crippen LogP contribution in [-0.2, 0) is 37.3 Å². The second kappa shape index (κ2) is 10.7. The number of aryl methyl sites for hydroxylation is 1. The van der Waals surface area contributed by atoms with Gasteiger partial charge < -0.3 is 15.5 Å². The van der Waals surface area contributed by atoms with Gasteiger partial charge in [0.2, 0.25) is 0 Å². The topological polar surface area (TPSA) is 57.8 Å². The van der Waals surface area contributed by atoms with Crippen molar-refractivity contribution in [3.63, 3.8) is 0 Å². The molecule has 2 saturated carbocycles. The van der Waals surface area contributed by atoms with E-state index >= 15 is 0 Å². The van der Waals surface area contributed by atoms with E-state index in [9.17, 15) is 26.3 Å². The number of hydrogen-bond acceptors (Lipinski definition) is 3. The van der Waals surface area contributed by atoms with Gasteiger partial charge in [-0.2, -0.15) is 26.3 Å². The van der Waals surface area contributed by atoms with Gasteiger partial charge in [-0.3, -0.25) is 4.99 Å². The molecule has 3 aliphatic rings. The highest BCUT2D eigenvalue weighted by molar-refractivity contribution is 5.78. The first kappa shape index (κ1) is 29.5. The second-order valence-electron chi connectivity index (χ2n) is 12.5. The lowest BCUT2D eigenvalue weighted by molar-refractivity contribution is -0.143. The van der Waals surface area contributed by atoms with Crippen molar-refractivity contribution in [1.29, 1.82) is 0 Å². The minimum atomic E-state index is -4.93. The van der Waals surface area contributed by atoms with Crippen LogP contribution in [0.5, 0.6) is 0 Å². The lowest BCUT2D eigenvalue weighted by Gasteiger charge is -2.31. The van der Waals surface area contributed by atoms with Crippen LogP contribution in [0.4, 0.5) is 32.2 Å². The summed E-state index contributed by atoms with van der Waals surface area (Å²) >= 11 is 0. The molecular formula is C30H37F6N5. The molecule has 11 heteroatoms. The first-order valence-corrected chi connectivity index (χ1v) is 14.2. The van der Waals surface area contributed by atoms with Gasteiger partial charge in [0, 0.05) is 44.2 Å². The molecule has 5 nitrogen and oxygen atoms in total. The predicted octanol–water partition coefficient (Wildman–Crippen LogP) is 6.92. The SMILES string of the molecule is CN=C(N)N(Cc1cc(C(F)(F)F)cc(C(F)(F)F)c1)Cc1cc2c(nc1N(CC1CC1)CC1CC1)C(C)(C)CC2. The molecule has 2 fully saturated rings. The third kappa shape index (κ3) is 6.92. The lowest BCUT2D eigenvalue weighted by atomic mass is 9.90. The molecule has 41 heavy (non-hydrogen) atoms. The Labute approximate surface area is 236 Å². The summed E-state index contributed by atoms with van der Waals surface area (Å²) in [5.41, 5.74) is 6.33. The molecule has 0 amide bonds. The van der Waals surface area contributed by atoms with Crippen molar-refractivity contribution >= 4 is 11.8 Å². The standard InChI is InChI=1S/C30H37F6N5/c1-28(2)9-8-21-12-22(26(39-25(21)28)40(14-18-4-5-18)15-19-6-7-19)17-41(27(37)38-3)16-20-10-23(29(31,32)33)13-24(11-20)30(34,35)36/h10-13,18-19H,4-9,14-17H2,1-3H3,(H2,37,38). The van der Waals surface area contributed by atoms with E-state index in [2.05, 4.69) is 29.8 Å². The van der Waals surface area contributed by atoms with Crippen LogP contribution in [0.25, 0.3) is 0 Å². The van der Waals surface area contributed by atoms with Crippen molar-refractivity contribution in [3.05, 3.63) is 57.8 Å². The van der Waals surface area contributed by atoms with Crippen LogP contribution in [0.15, 0.2) is 29.3 Å². The Kier molecular flexibility index (Phi) is 7.70. The number of pyridine rings is 1. The van der Waals surface area contributed by atoms with Crippen LogP contribution >= 0.6 is 0 Å². The quantitative estimate of drug-likeness (QED) is 0.199. The molecule has 0 aliphatic heterocycles. The van der Waals surface area contributed by atoms with Gasteiger partial charge >= 0.3 is 12.4 Å². The summed E-state index contributed by atoms with van der Waals surface area (Å²) in [5, 5.41) is 0. The number of nitrogens with zero attached hydrogens (tertiary/aromatic N) is 4. The fourth-order valence-corrected chi connectivity index (χ4v) is 5.69.